The van der Waals surface area contributed by atoms with Gasteiger partial charge in [0.25, 0.3) is 0 Å². The number of rotatable bonds is 4. The predicted octanol–water partition coefficient (Wildman–Crippen LogP) is 1.98. The van der Waals surface area contributed by atoms with Gasteiger partial charge < -0.3 is 9.53 Å². The Morgan fingerprint density at radius 2 is 2.12 bits per heavy atom. The normalized spacial score (nSPS) is 22.1. The van der Waals surface area contributed by atoms with Crippen molar-refractivity contribution in [2.24, 2.45) is 0 Å². The van der Waals surface area contributed by atoms with E-state index in [9.17, 15) is 9.59 Å². The first kappa shape index (κ1) is 11.6. The summed E-state index contributed by atoms with van der Waals surface area (Å²) in [6.45, 7) is 2.20. The Morgan fingerprint density at radius 3 is 2.65 bits per heavy atom. The van der Waals surface area contributed by atoms with Crippen molar-refractivity contribution >= 4 is 12.4 Å². The summed E-state index contributed by atoms with van der Waals surface area (Å²) >= 11 is 0. The molecule has 1 saturated heterocycles. The number of nitrogens with zero attached hydrogens (tertiary/aromatic N) is 1. The van der Waals surface area contributed by atoms with Crippen molar-refractivity contribution in [2.75, 3.05) is 0 Å². The van der Waals surface area contributed by atoms with Gasteiger partial charge in [-0.3, -0.25) is 4.90 Å². The smallest absolute Gasteiger partial charge is 0.411 e. The van der Waals surface area contributed by atoms with E-state index in [4.69, 9.17) is 4.74 Å². The van der Waals surface area contributed by atoms with E-state index in [2.05, 4.69) is 0 Å². The summed E-state index contributed by atoms with van der Waals surface area (Å²) < 4.78 is 5.14. The molecule has 4 heteroatoms. The Bertz CT molecular complexity index is 404. The number of hydrogen-bond acceptors (Lipinski definition) is 3. The fraction of sp³-hybridized carbons (Fsp3) is 0.385. The van der Waals surface area contributed by atoms with Gasteiger partial charge >= 0.3 is 6.09 Å². The van der Waals surface area contributed by atoms with Crippen molar-refractivity contribution in [1.29, 1.82) is 0 Å². The van der Waals surface area contributed by atoms with Gasteiger partial charge in [0.1, 0.15) is 18.9 Å². The lowest BCUT2D eigenvalue weighted by molar-refractivity contribution is -0.108. The van der Waals surface area contributed by atoms with Crippen LogP contribution in [0, 0.1) is 0 Å². The first-order chi connectivity index (χ1) is 8.27. The van der Waals surface area contributed by atoms with Gasteiger partial charge in [0.05, 0.1) is 6.04 Å². The zero-order valence-corrected chi connectivity index (χ0v) is 9.70. The van der Waals surface area contributed by atoms with Gasteiger partial charge in [-0.15, -0.1) is 0 Å². The lowest BCUT2D eigenvalue weighted by atomic mass is 10.2. The van der Waals surface area contributed by atoms with Crippen LogP contribution in [0.1, 0.15) is 18.9 Å². The van der Waals surface area contributed by atoms with Crippen LogP contribution < -0.4 is 0 Å². The van der Waals surface area contributed by atoms with Gasteiger partial charge in [0.15, 0.2) is 0 Å². The molecule has 1 aromatic rings. The molecule has 0 aromatic heterocycles. The van der Waals surface area contributed by atoms with E-state index in [1.54, 1.807) is 0 Å². The minimum absolute atomic E-state index is 0.0239. The largest absolute Gasteiger partial charge is 0.445 e. The van der Waals surface area contributed by atoms with Crippen molar-refractivity contribution in [1.82, 2.24) is 4.90 Å². The van der Waals surface area contributed by atoms with Crippen LogP contribution in [0.2, 0.25) is 0 Å². The van der Waals surface area contributed by atoms with Crippen LogP contribution in [-0.4, -0.2) is 29.4 Å². The number of carbonyl (C=O) groups excluding carboxylic acids is 2. The van der Waals surface area contributed by atoms with Crippen LogP contribution in [0.4, 0.5) is 4.79 Å². The molecule has 0 N–H and O–H groups in total. The summed E-state index contributed by atoms with van der Waals surface area (Å²) in [5.74, 6) is 0. The van der Waals surface area contributed by atoms with Gasteiger partial charge in [0.2, 0.25) is 0 Å². The zero-order chi connectivity index (χ0) is 12.3. The summed E-state index contributed by atoms with van der Waals surface area (Å²) in [6.07, 6.45) is 1.18. The van der Waals surface area contributed by atoms with E-state index in [0.717, 1.165) is 18.3 Å². The molecular weight excluding hydrogens is 218 g/mol. The predicted molar refractivity (Wildman–Crippen MR) is 62.4 cm³/mol. The molecular formula is C13H15NO3. The second-order valence-electron chi connectivity index (χ2n) is 4.05. The summed E-state index contributed by atoms with van der Waals surface area (Å²) in [5.41, 5.74) is 0.943. The molecule has 1 aliphatic heterocycles. The molecule has 2 rings (SSSR count). The van der Waals surface area contributed by atoms with Gasteiger partial charge in [-0.2, -0.15) is 0 Å². The molecule has 0 aliphatic carbocycles. The molecule has 2 atom stereocenters. The van der Waals surface area contributed by atoms with Crippen LogP contribution in [0.3, 0.4) is 0 Å². The third-order valence-corrected chi connectivity index (χ3v) is 2.96. The number of aldehydes is 1. The molecule has 0 saturated carbocycles. The number of hydrogen-bond donors (Lipinski definition) is 0. The minimum atomic E-state index is -0.405. The molecule has 4 nitrogen and oxygen atoms in total. The highest BCUT2D eigenvalue weighted by atomic mass is 16.6. The monoisotopic (exact) mass is 233 g/mol. The van der Waals surface area contributed by atoms with Crippen LogP contribution in [-0.2, 0) is 16.1 Å². The molecule has 1 aromatic carbocycles. The van der Waals surface area contributed by atoms with E-state index in [-0.39, 0.29) is 18.7 Å². The highest BCUT2D eigenvalue weighted by Crippen LogP contribution is 2.30. The van der Waals surface area contributed by atoms with E-state index in [1.807, 2.05) is 37.3 Å². The number of ether oxygens (including phenoxy) is 1. The van der Waals surface area contributed by atoms with E-state index in [1.165, 1.54) is 4.90 Å². The second kappa shape index (κ2) is 4.99. The maximum atomic E-state index is 11.7. The Hall–Kier alpha value is -1.84. The molecule has 90 valence electrons. The van der Waals surface area contributed by atoms with Gasteiger partial charge in [-0.1, -0.05) is 37.3 Å². The first-order valence-electron chi connectivity index (χ1n) is 5.72. The third-order valence-electron chi connectivity index (χ3n) is 2.96. The molecule has 0 unspecified atom stereocenters. The van der Waals surface area contributed by atoms with Crippen molar-refractivity contribution in [3.05, 3.63) is 35.9 Å². The molecule has 1 fully saturated rings. The molecule has 1 heterocycles. The second-order valence-corrected chi connectivity index (χ2v) is 4.05. The minimum Gasteiger partial charge on any atom is -0.445 e. The Labute approximate surface area is 100 Å². The number of amides is 1. The molecule has 17 heavy (non-hydrogen) atoms. The van der Waals surface area contributed by atoms with E-state index >= 15 is 0 Å². The Balaban J connectivity index is 1.85. The Morgan fingerprint density at radius 1 is 1.41 bits per heavy atom. The first-order valence-corrected chi connectivity index (χ1v) is 5.72. The van der Waals surface area contributed by atoms with Crippen LogP contribution >= 0.6 is 0 Å². The quantitative estimate of drug-likeness (QED) is 0.590. The summed E-state index contributed by atoms with van der Waals surface area (Å²) in [4.78, 5) is 23.8. The lowest BCUT2D eigenvalue weighted by Crippen LogP contribution is -2.16. The maximum Gasteiger partial charge on any atom is 0.411 e. The van der Waals surface area contributed by atoms with Crippen molar-refractivity contribution in [3.63, 3.8) is 0 Å². The van der Waals surface area contributed by atoms with Gasteiger partial charge in [-0.25, -0.2) is 4.79 Å². The van der Waals surface area contributed by atoms with Crippen LogP contribution in [0.15, 0.2) is 30.3 Å². The average molecular weight is 233 g/mol. The SMILES string of the molecule is CC[C@@H]1[C@@H](C=O)N1C(=O)OCc1ccccc1. The highest BCUT2D eigenvalue weighted by Gasteiger charge is 2.50. The summed E-state index contributed by atoms with van der Waals surface area (Å²) in [6, 6.07) is 9.21. The summed E-state index contributed by atoms with van der Waals surface area (Å²) in [7, 11) is 0. The third kappa shape index (κ3) is 2.46. The number of carbonyl (C=O) groups is 2. The van der Waals surface area contributed by atoms with E-state index in [0.29, 0.717) is 0 Å². The fourth-order valence-electron chi connectivity index (χ4n) is 1.95. The molecule has 1 amide bonds. The highest BCUT2D eigenvalue weighted by molar-refractivity contribution is 5.80. The zero-order valence-electron chi connectivity index (χ0n) is 9.70. The van der Waals surface area contributed by atoms with Crippen molar-refractivity contribution in [2.45, 2.75) is 32.0 Å². The standard InChI is InChI=1S/C13H15NO3/c1-2-11-12(8-15)14(11)13(16)17-9-10-6-4-3-5-7-10/h3-8,11-12H,2,9H2,1H3/t11-,12-,14?/m1/s1. The van der Waals surface area contributed by atoms with Crippen LogP contribution in [0.5, 0.6) is 0 Å². The molecule has 0 bridgehead atoms. The van der Waals surface area contributed by atoms with Crippen LogP contribution in [0.25, 0.3) is 0 Å². The Kier molecular flexibility index (Phi) is 3.42. The fourth-order valence-corrected chi connectivity index (χ4v) is 1.95. The van der Waals surface area contributed by atoms with E-state index < -0.39 is 6.09 Å². The topological polar surface area (TPSA) is 46.4 Å². The van der Waals surface area contributed by atoms with Gasteiger partial charge in [0, 0.05) is 0 Å². The molecule has 1 aliphatic rings. The summed E-state index contributed by atoms with van der Waals surface area (Å²) in [5, 5.41) is 0. The molecule has 0 spiro atoms. The van der Waals surface area contributed by atoms with Crippen molar-refractivity contribution in [3.8, 4) is 0 Å². The van der Waals surface area contributed by atoms with Crippen molar-refractivity contribution < 1.29 is 14.3 Å². The number of benzene rings is 1. The van der Waals surface area contributed by atoms with Gasteiger partial charge in [-0.05, 0) is 12.0 Å². The lowest BCUT2D eigenvalue weighted by Gasteiger charge is -2.06. The molecule has 0 radical (unpaired) electrons. The maximum absolute atomic E-state index is 11.7. The average Bonchev–Trinajstić information content (AvgIpc) is 3.10.